The van der Waals surface area contributed by atoms with E-state index in [1.54, 1.807) is 0 Å². The van der Waals surface area contributed by atoms with Gasteiger partial charge in [0.25, 0.3) is 5.91 Å². The standard InChI is InChI=1S/C14H26N2O2/c1-3-7-12(15)13(17)14(18)16-10(2)11-8-5-4-6-9-11/h11-13,17H,2-9,15H2,1H3,(H,16,18)/t12-,13?/m0/s1. The van der Waals surface area contributed by atoms with E-state index in [1.165, 1.54) is 19.3 Å². The van der Waals surface area contributed by atoms with Crippen LogP contribution in [0.2, 0.25) is 0 Å². The van der Waals surface area contributed by atoms with Crippen molar-refractivity contribution in [3.05, 3.63) is 12.3 Å². The Hall–Kier alpha value is -0.870. The predicted octanol–water partition coefficient (Wildman–Crippen LogP) is 1.68. The van der Waals surface area contributed by atoms with Crippen molar-refractivity contribution in [2.24, 2.45) is 11.7 Å². The minimum Gasteiger partial charge on any atom is -0.382 e. The average Bonchev–Trinajstić information content (AvgIpc) is 2.39. The molecule has 0 bridgehead atoms. The van der Waals surface area contributed by atoms with E-state index in [-0.39, 0.29) is 0 Å². The summed E-state index contributed by atoms with van der Waals surface area (Å²) in [6.45, 7) is 5.90. The molecular weight excluding hydrogens is 228 g/mol. The zero-order chi connectivity index (χ0) is 13.5. The van der Waals surface area contributed by atoms with Gasteiger partial charge >= 0.3 is 0 Å². The third kappa shape index (κ3) is 4.42. The molecule has 0 heterocycles. The molecule has 1 aliphatic carbocycles. The Balaban J connectivity index is 2.40. The van der Waals surface area contributed by atoms with Crippen molar-refractivity contribution in [3.8, 4) is 0 Å². The molecular formula is C14H26N2O2. The second kappa shape index (κ2) is 7.54. The number of amides is 1. The molecule has 1 fully saturated rings. The van der Waals surface area contributed by atoms with Crippen LogP contribution >= 0.6 is 0 Å². The van der Waals surface area contributed by atoms with Crippen LogP contribution in [0.4, 0.5) is 0 Å². The van der Waals surface area contributed by atoms with Gasteiger partial charge in [0.15, 0.2) is 0 Å². The number of hydrogen-bond acceptors (Lipinski definition) is 3. The van der Waals surface area contributed by atoms with E-state index in [0.717, 1.165) is 25.0 Å². The van der Waals surface area contributed by atoms with Gasteiger partial charge in [-0.05, 0) is 25.2 Å². The van der Waals surface area contributed by atoms with Gasteiger partial charge < -0.3 is 16.2 Å². The number of allylic oxidation sites excluding steroid dienone is 1. The third-order valence-corrected chi connectivity index (χ3v) is 3.68. The number of nitrogens with two attached hydrogens (primary N) is 1. The predicted molar refractivity (Wildman–Crippen MR) is 72.7 cm³/mol. The van der Waals surface area contributed by atoms with Crippen LogP contribution in [0, 0.1) is 5.92 Å². The molecule has 1 aliphatic rings. The van der Waals surface area contributed by atoms with E-state index in [0.29, 0.717) is 12.3 Å². The summed E-state index contributed by atoms with van der Waals surface area (Å²) in [5.74, 6) is -0.0520. The lowest BCUT2D eigenvalue weighted by Crippen LogP contribution is -2.46. The molecule has 18 heavy (non-hydrogen) atoms. The van der Waals surface area contributed by atoms with Crippen molar-refractivity contribution in [2.45, 2.75) is 64.0 Å². The van der Waals surface area contributed by atoms with Crippen molar-refractivity contribution in [3.63, 3.8) is 0 Å². The Morgan fingerprint density at radius 1 is 1.44 bits per heavy atom. The van der Waals surface area contributed by atoms with Crippen molar-refractivity contribution in [1.29, 1.82) is 0 Å². The zero-order valence-electron chi connectivity index (χ0n) is 11.3. The second-order valence-electron chi connectivity index (χ2n) is 5.25. The van der Waals surface area contributed by atoms with Crippen LogP contribution < -0.4 is 11.1 Å². The Labute approximate surface area is 110 Å². The first-order chi connectivity index (χ1) is 8.56. The molecule has 4 heteroatoms. The zero-order valence-corrected chi connectivity index (χ0v) is 11.3. The smallest absolute Gasteiger partial charge is 0.254 e. The first-order valence-electron chi connectivity index (χ1n) is 6.99. The number of rotatable bonds is 6. The third-order valence-electron chi connectivity index (χ3n) is 3.68. The van der Waals surface area contributed by atoms with Gasteiger partial charge in [0.1, 0.15) is 6.10 Å². The molecule has 1 rings (SSSR count). The molecule has 1 unspecified atom stereocenters. The highest BCUT2D eigenvalue weighted by atomic mass is 16.3. The van der Waals surface area contributed by atoms with Crippen molar-refractivity contribution < 1.29 is 9.90 Å². The first-order valence-corrected chi connectivity index (χ1v) is 6.99. The number of hydrogen-bond donors (Lipinski definition) is 3. The number of carbonyl (C=O) groups excluding carboxylic acids is 1. The van der Waals surface area contributed by atoms with Gasteiger partial charge in [-0.3, -0.25) is 4.79 Å². The van der Waals surface area contributed by atoms with Gasteiger partial charge in [-0.2, -0.15) is 0 Å². The van der Waals surface area contributed by atoms with E-state index in [1.807, 2.05) is 6.92 Å². The molecule has 0 aromatic carbocycles. The Bertz CT molecular complexity index is 286. The lowest BCUT2D eigenvalue weighted by Gasteiger charge is -2.25. The molecule has 0 saturated heterocycles. The minimum atomic E-state index is -1.13. The fourth-order valence-corrected chi connectivity index (χ4v) is 2.47. The van der Waals surface area contributed by atoms with Crippen LogP contribution in [0.3, 0.4) is 0 Å². The SMILES string of the molecule is C=C(NC(=O)C(O)[C@@H](N)CCC)C1CCCCC1. The lowest BCUT2D eigenvalue weighted by molar-refractivity contribution is -0.129. The van der Waals surface area contributed by atoms with E-state index < -0.39 is 18.1 Å². The van der Waals surface area contributed by atoms with Gasteiger partial charge in [-0.1, -0.05) is 39.2 Å². The van der Waals surface area contributed by atoms with Crippen molar-refractivity contribution >= 4 is 5.91 Å². The topological polar surface area (TPSA) is 75.3 Å². The number of aliphatic hydroxyl groups excluding tert-OH is 1. The summed E-state index contributed by atoms with van der Waals surface area (Å²) in [7, 11) is 0. The van der Waals surface area contributed by atoms with E-state index in [4.69, 9.17) is 5.73 Å². The molecule has 104 valence electrons. The fourth-order valence-electron chi connectivity index (χ4n) is 2.47. The summed E-state index contributed by atoms with van der Waals surface area (Å²) in [6, 6.07) is -0.492. The largest absolute Gasteiger partial charge is 0.382 e. The van der Waals surface area contributed by atoms with E-state index >= 15 is 0 Å². The molecule has 0 aromatic heterocycles. The number of carbonyl (C=O) groups is 1. The summed E-state index contributed by atoms with van der Waals surface area (Å²) in [5.41, 5.74) is 6.48. The van der Waals surface area contributed by atoms with Gasteiger partial charge in [0.05, 0.1) is 0 Å². The van der Waals surface area contributed by atoms with Crippen LogP contribution in [0.1, 0.15) is 51.9 Å². The van der Waals surface area contributed by atoms with Gasteiger partial charge in [-0.15, -0.1) is 0 Å². The normalized spacial score (nSPS) is 20.2. The summed E-state index contributed by atoms with van der Waals surface area (Å²) < 4.78 is 0. The molecule has 4 nitrogen and oxygen atoms in total. The Morgan fingerprint density at radius 3 is 2.61 bits per heavy atom. The van der Waals surface area contributed by atoms with E-state index in [2.05, 4.69) is 11.9 Å². The summed E-state index contributed by atoms with van der Waals surface area (Å²) in [5, 5.41) is 12.5. The maximum atomic E-state index is 11.8. The average molecular weight is 254 g/mol. The molecule has 1 saturated carbocycles. The number of aliphatic hydroxyl groups is 1. The highest BCUT2D eigenvalue weighted by Crippen LogP contribution is 2.27. The highest BCUT2D eigenvalue weighted by molar-refractivity contribution is 5.82. The highest BCUT2D eigenvalue weighted by Gasteiger charge is 2.24. The molecule has 0 aliphatic heterocycles. The van der Waals surface area contributed by atoms with Crippen LogP contribution in [0.25, 0.3) is 0 Å². The summed E-state index contributed by atoms with van der Waals surface area (Å²) in [4.78, 5) is 11.8. The Kier molecular flexibility index (Phi) is 6.36. The number of nitrogens with one attached hydrogen (secondary N) is 1. The molecule has 1 amide bonds. The second-order valence-corrected chi connectivity index (χ2v) is 5.25. The van der Waals surface area contributed by atoms with Crippen LogP contribution in [-0.4, -0.2) is 23.2 Å². The first kappa shape index (κ1) is 15.2. The van der Waals surface area contributed by atoms with Crippen molar-refractivity contribution in [2.75, 3.05) is 0 Å². The van der Waals surface area contributed by atoms with Crippen LogP contribution in [0.5, 0.6) is 0 Å². The maximum Gasteiger partial charge on any atom is 0.254 e. The maximum absolute atomic E-state index is 11.8. The summed E-state index contributed by atoms with van der Waals surface area (Å²) >= 11 is 0. The summed E-state index contributed by atoms with van der Waals surface area (Å²) in [6.07, 6.45) is 6.17. The van der Waals surface area contributed by atoms with Gasteiger partial charge in [0, 0.05) is 11.7 Å². The Morgan fingerprint density at radius 2 is 2.06 bits per heavy atom. The van der Waals surface area contributed by atoms with Crippen LogP contribution in [0.15, 0.2) is 12.3 Å². The monoisotopic (exact) mass is 254 g/mol. The molecule has 2 atom stereocenters. The molecule has 0 spiro atoms. The molecule has 4 N–H and O–H groups in total. The quantitative estimate of drug-likeness (QED) is 0.675. The van der Waals surface area contributed by atoms with E-state index in [9.17, 15) is 9.90 Å². The van der Waals surface area contributed by atoms with Crippen LogP contribution in [-0.2, 0) is 4.79 Å². The fraction of sp³-hybridized carbons (Fsp3) is 0.786. The minimum absolute atomic E-state index is 0.359. The van der Waals surface area contributed by atoms with Gasteiger partial charge in [0.2, 0.25) is 0 Å². The van der Waals surface area contributed by atoms with Gasteiger partial charge in [-0.25, -0.2) is 0 Å². The van der Waals surface area contributed by atoms with Crippen molar-refractivity contribution in [1.82, 2.24) is 5.32 Å². The molecule has 0 radical (unpaired) electrons. The molecule has 0 aromatic rings. The lowest BCUT2D eigenvalue weighted by atomic mass is 9.87.